The van der Waals surface area contributed by atoms with Gasteiger partial charge in [0.05, 0.1) is 24.1 Å². The van der Waals surface area contributed by atoms with Crippen molar-refractivity contribution in [1.29, 1.82) is 0 Å². The number of hydrogen-bond donors (Lipinski definition) is 0. The normalized spacial score (nSPS) is 18.5. The molecule has 3 aromatic heterocycles. The number of thiophene rings is 1. The van der Waals surface area contributed by atoms with Crippen LogP contribution in [0.25, 0.3) is 20.9 Å². The first-order valence-corrected chi connectivity index (χ1v) is 9.11. The quantitative estimate of drug-likeness (QED) is 0.715. The van der Waals surface area contributed by atoms with Gasteiger partial charge in [0.2, 0.25) is 0 Å². The maximum absolute atomic E-state index is 12.7. The molecule has 1 unspecified atom stereocenters. The molecule has 4 heterocycles. The molecule has 0 saturated carbocycles. The summed E-state index contributed by atoms with van der Waals surface area (Å²) in [5.41, 5.74) is 0.855. The van der Waals surface area contributed by atoms with Gasteiger partial charge in [-0.2, -0.15) is 0 Å². The van der Waals surface area contributed by atoms with Gasteiger partial charge in [-0.3, -0.25) is 4.79 Å². The number of morpholine rings is 1. The van der Waals surface area contributed by atoms with Crippen LogP contribution in [0.15, 0.2) is 29.8 Å². The minimum Gasteiger partial charge on any atom is -0.377 e. The van der Waals surface area contributed by atoms with Gasteiger partial charge in [0, 0.05) is 23.5 Å². The van der Waals surface area contributed by atoms with Gasteiger partial charge >= 0.3 is 0 Å². The lowest BCUT2D eigenvalue weighted by molar-refractivity contribution is 0.00387. The highest BCUT2D eigenvalue weighted by molar-refractivity contribution is 7.20. The van der Waals surface area contributed by atoms with Crippen molar-refractivity contribution in [1.82, 2.24) is 14.9 Å². The van der Waals surface area contributed by atoms with E-state index in [1.165, 1.54) is 11.3 Å². The Morgan fingerprint density at radius 2 is 2.35 bits per heavy atom. The van der Waals surface area contributed by atoms with Crippen LogP contribution in [0.4, 0.5) is 0 Å². The van der Waals surface area contributed by atoms with Crippen LogP contribution in [0.3, 0.4) is 0 Å². The summed E-state index contributed by atoms with van der Waals surface area (Å²) in [7, 11) is 0. The molecule has 0 N–H and O–H groups in total. The standard InChI is InChI=1S/C16H15N3O2S2/c1-10-9-21-6-5-19(10)16(20)13-8-11-2-3-12(18-14(11)23-13)15-17-4-7-22-15/h2-4,7-8,10H,5-6,9H2,1H3. The first kappa shape index (κ1) is 14.7. The maximum atomic E-state index is 12.7. The molecular formula is C16H15N3O2S2. The summed E-state index contributed by atoms with van der Waals surface area (Å²) in [6.07, 6.45) is 1.77. The number of carbonyl (C=O) groups is 1. The predicted octanol–water partition coefficient (Wildman–Crippen LogP) is 3.28. The number of fused-ring (bicyclic) bond motifs is 1. The van der Waals surface area contributed by atoms with Gasteiger partial charge in [-0.05, 0) is 25.1 Å². The van der Waals surface area contributed by atoms with E-state index in [0.29, 0.717) is 19.8 Å². The largest absolute Gasteiger partial charge is 0.377 e. The molecule has 1 aliphatic rings. The highest BCUT2D eigenvalue weighted by atomic mass is 32.1. The van der Waals surface area contributed by atoms with Crippen molar-refractivity contribution in [2.75, 3.05) is 19.8 Å². The first-order valence-electron chi connectivity index (χ1n) is 7.41. The van der Waals surface area contributed by atoms with E-state index in [9.17, 15) is 4.79 Å². The minimum atomic E-state index is 0.0691. The summed E-state index contributed by atoms with van der Waals surface area (Å²) in [6.45, 7) is 3.87. The number of aromatic nitrogens is 2. The maximum Gasteiger partial charge on any atom is 0.264 e. The van der Waals surface area contributed by atoms with Crippen LogP contribution in [0.5, 0.6) is 0 Å². The number of nitrogens with zero attached hydrogens (tertiary/aromatic N) is 3. The van der Waals surface area contributed by atoms with Gasteiger partial charge in [-0.1, -0.05) is 0 Å². The van der Waals surface area contributed by atoms with E-state index in [-0.39, 0.29) is 11.9 Å². The zero-order valence-electron chi connectivity index (χ0n) is 12.6. The van der Waals surface area contributed by atoms with Crippen LogP contribution >= 0.6 is 22.7 Å². The summed E-state index contributed by atoms with van der Waals surface area (Å²) < 4.78 is 5.41. The highest BCUT2D eigenvalue weighted by Gasteiger charge is 2.26. The van der Waals surface area contributed by atoms with Crippen molar-refractivity contribution in [2.24, 2.45) is 0 Å². The van der Waals surface area contributed by atoms with Crippen LogP contribution in [-0.4, -0.2) is 46.6 Å². The molecule has 5 nitrogen and oxygen atoms in total. The number of ether oxygens (including phenoxy) is 1. The Kier molecular flexibility index (Phi) is 3.84. The Labute approximate surface area is 141 Å². The lowest BCUT2D eigenvalue weighted by Crippen LogP contribution is -2.46. The third-order valence-corrected chi connectivity index (χ3v) is 5.70. The number of pyridine rings is 1. The third-order valence-electron chi connectivity index (χ3n) is 3.87. The van der Waals surface area contributed by atoms with E-state index >= 15 is 0 Å². The second kappa shape index (κ2) is 5.99. The zero-order valence-corrected chi connectivity index (χ0v) is 14.2. The average Bonchev–Trinajstić information content (AvgIpc) is 3.23. The molecule has 0 aliphatic carbocycles. The molecule has 23 heavy (non-hydrogen) atoms. The molecule has 1 saturated heterocycles. The molecule has 4 rings (SSSR count). The topological polar surface area (TPSA) is 55.3 Å². The number of carbonyl (C=O) groups excluding carboxylic acids is 1. The fraction of sp³-hybridized carbons (Fsp3) is 0.312. The van der Waals surface area contributed by atoms with E-state index in [1.807, 2.05) is 35.4 Å². The van der Waals surface area contributed by atoms with Crippen molar-refractivity contribution in [3.63, 3.8) is 0 Å². The Hall–Kier alpha value is -1.83. The van der Waals surface area contributed by atoms with Crippen LogP contribution in [0, 0.1) is 0 Å². The van der Waals surface area contributed by atoms with Crippen molar-refractivity contribution in [2.45, 2.75) is 13.0 Å². The van der Waals surface area contributed by atoms with Crippen LogP contribution in [0.1, 0.15) is 16.6 Å². The molecule has 0 aromatic carbocycles. The van der Waals surface area contributed by atoms with Crippen LogP contribution in [-0.2, 0) is 4.74 Å². The Morgan fingerprint density at radius 3 is 3.13 bits per heavy atom. The van der Waals surface area contributed by atoms with Crippen LogP contribution < -0.4 is 0 Å². The van der Waals surface area contributed by atoms with Crippen molar-refractivity contribution < 1.29 is 9.53 Å². The van der Waals surface area contributed by atoms with Gasteiger partial charge < -0.3 is 9.64 Å². The SMILES string of the molecule is CC1COCCN1C(=O)c1cc2ccc(-c3nccs3)nc2s1. The molecule has 0 spiro atoms. The number of rotatable bonds is 2. The lowest BCUT2D eigenvalue weighted by Gasteiger charge is -2.32. The average molecular weight is 345 g/mol. The van der Waals surface area contributed by atoms with Gasteiger partial charge in [0.1, 0.15) is 15.5 Å². The predicted molar refractivity (Wildman–Crippen MR) is 92.0 cm³/mol. The molecule has 118 valence electrons. The van der Waals surface area contributed by atoms with E-state index in [2.05, 4.69) is 9.97 Å². The number of amides is 1. The Bertz CT molecular complexity index is 844. The summed E-state index contributed by atoms with van der Waals surface area (Å²) in [5.74, 6) is 0.0691. The van der Waals surface area contributed by atoms with Crippen molar-refractivity contribution in [3.05, 3.63) is 34.7 Å². The second-order valence-electron chi connectivity index (χ2n) is 5.46. The van der Waals surface area contributed by atoms with Gasteiger partial charge in [-0.25, -0.2) is 9.97 Å². The van der Waals surface area contributed by atoms with Gasteiger partial charge in [0.15, 0.2) is 0 Å². The van der Waals surface area contributed by atoms with Gasteiger partial charge in [-0.15, -0.1) is 22.7 Å². The number of thiazole rings is 1. The third kappa shape index (κ3) is 2.75. The second-order valence-corrected chi connectivity index (χ2v) is 7.39. The molecular weight excluding hydrogens is 330 g/mol. The molecule has 1 amide bonds. The monoisotopic (exact) mass is 345 g/mol. The Balaban J connectivity index is 1.67. The summed E-state index contributed by atoms with van der Waals surface area (Å²) >= 11 is 3.01. The molecule has 1 atom stereocenters. The highest BCUT2D eigenvalue weighted by Crippen LogP contribution is 2.29. The van der Waals surface area contributed by atoms with E-state index in [4.69, 9.17) is 4.74 Å². The van der Waals surface area contributed by atoms with Crippen LogP contribution in [0.2, 0.25) is 0 Å². The van der Waals surface area contributed by atoms with Crippen molar-refractivity contribution >= 4 is 38.8 Å². The molecule has 1 aliphatic heterocycles. The van der Waals surface area contributed by atoms with E-state index < -0.39 is 0 Å². The molecule has 0 bridgehead atoms. The fourth-order valence-corrected chi connectivity index (χ4v) is 4.26. The summed E-state index contributed by atoms with van der Waals surface area (Å²) in [6, 6.07) is 6.01. The molecule has 7 heteroatoms. The smallest absolute Gasteiger partial charge is 0.264 e. The minimum absolute atomic E-state index is 0.0691. The van der Waals surface area contributed by atoms with E-state index in [1.54, 1.807) is 17.5 Å². The molecule has 3 aromatic rings. The molecule has 0 radical (unpaired) electrons. The van der Waals surface area contributed by atoms with Gasteiger partial charge in [0.25, 0.3) is 5.91 Å². The summed E-state index contributed by atoms with van der Waals surface area (Å²) in [5, 5.41) is 3.83. The summed E-state index contributed by atoms with van der Waals surface area (Å²) in [4.78, 5) is 25.2. The molecule has 1 fully saturated rings. The van der Waals surface area contributed by atoms with E-state index in [0.717, 1.165) is 25.8 Å². The fourth-order valence-electron chi connectivity index (χ4n) is 2.66. The number of hydrogen-bond acceptors (Lipinski definition) is 6. The zero-order chi connectivity index (χ0) is 15.8. The lowest BCUT2D eigenvalue weighted by atomic mass is 10.2. The first-order chi connectivity index (χ1) is 11.2. The Morgan fingerprint density at radius 1 is 1.43 bits per heavy atom. The van der Waals surface area contributed by atoms with Crippen molar-refractivity contribution in [3.8, 4) is 10.7 Å².